The molecule has 0 unspecified atom stereocenters. The molecule has 0 radical (unpaired) electrons. The summed E-state index contributed by atoms with van der Waals surface area (Å²) in [7, 11) is 0. The van der Waals surface area contributed by atoms with Crippen LogP contribution in [0.3, 0.4) is 0 Å². The van der Waals surface area contributed by atoms with Crippen molar-refractivity contribution in [2.24, 2.45) is 0 Å². The first-order valence-corrected chi connectivity index (χ1v) is 26.7. The molecule has 2 aliphatic carbocycles. The van der Waals surface area contributed by atoms with E-state index < -0.39 is 10.8 Å². The highest BCUT2D eigenvalue weighted by molar-refractivity contribution is 7.99. The first kappa shape index (κ1) is 42.4. The molecule has 3 heteroatoms. The van der Waals surface area contributed by atoms with Gasteiger partial charge in [0.05, 0.1) is 16.5 Å². The average Bonchev–Trinajstić information content (AvgIpc) is 3.94. The Balaban J connectivity index is 0.975. The Morgan fingerprint density at radius 1 is 0.280 bits per heavy atom. The number of para-hydroxylation sites is 3. The van der Waals surface area contributed by atoms with Gasteiger partial charge in [-0.05, 0) is 150 Å². The fraction of sp³-hybridized carbons (Fsp3) is 0.0278. The molecule has 2 heterocycles. The Morgan fingerprint density at radius 3 is 1.47 bits per heavy atom. The van der Waals surface area contributed by atoms with E-state index in [2.05, 4.69) is 278 Å². The van der Waals surface area contributed by atoms with Gasteiger partial charge in [0, 0.05) is 37.9 Å². The van der Waals surface area contributed by atoms with Crippen molar-refractivity contribution in [3.63, 3.8) is 0 Å². The van der Waals surface area contributed by atoms with Gasteiger partial charge in [-0.15, -0.1) is 0 Å². The summed E-state index contributed by atoms with van der Waals surface area (Å²) in [5, 5.41) is 2.48. The van der Waals surface area contributed by atoms with Gasteiger partial charge in [0.25, 0.3) is 0 Å². The Labute approximate surface area is 440 Å². The molecule has 0 atom stereocenters. The number of benzene rings is 12. The first-order valence-electron chi connectivity index (χ1n) is 25.9. The third-order valence-electron chi connectivity index (χ3n) is 16.6. The van der Waals surface area contributed by atoms with Crippen molar-refractivity contribution in [2.75, 3.05) is 4.90 Å². The topological polar surface area (TPSA) is 12.5 Å². The number of anilines is 3. The maximum Gasteiger partial charge on any atom is 0.132 e. The van der Waals surface area contributed by atoms with Crippen LogP contribution >= 0.6 is 11.8 Å². The van der Waals surface area contributed by atoms with E-state index in [9.17, 15) is 0 Å². The number of fused-ring (bicyclic) bond motifs is 19. The Hall–Kier alpha value is -9.15. The maximum absolute atomic E-state index is 6.79. The number of hydrogen-bond donors (Lipinski definition) is 0. The molecular formula is C72H45NOS. The molecule has 0 fully saturated rings. The van der Waals surface area contributed by atoms with E-state index in [1.807, 2.05) is 11.8 Å². The number of ether oxygens (including phenoxy) is 1. The van der Waals surface area contributed by atoms with Crippen molar-refractivity contribution in [3.05, 3.63) is 317 Å². The van der Waals surface area contributed by atoms with Gasteiger partial charge >= 0.3 is 0 Å². The molecule has 0 bridgehead atoms. The molecule has 2 spiro atoms. The summed E-state index contributed by atoms with van der Waals surface area (Å²) in [5.74, 6) is 1.77. The molecule has 4 aliphatic rings. The summed E-state index contributed by atoms with van der Waals surface area (Å²) < 4.78 is 6.79. The molecule has 0 aromatic heterocycles. The van der Waals surface area contributed by atoms with Gasteiger partial charge in [-0.25, -0.2) is 0 Å². The lowest BCUT2D eigenvalue weighted by atomic mass is 9.66. The van der Waals surface area contributed by atoms with Gasteiger partial charge in [-0.3, -0.25) is 0 Å². The van der Waals surface area contributed by atoms with Crippen LogP contribution in [0.5, 0.6) is 11.5 Å². The van der Waals surface area contributed by atoms with Crippen molar-refractivity contribution in [1.29, 1.82) is 0 Å². The molecule has 0 saturated heterocycles. The molecule has 350 valence electrons. The molecular weight excluding hydrogens is 927 g/mol. The predicted molar refractivity (Wildman–Crippen MR) is 308 cm³/mol. The lowest BCUT2D eigenvalue weighted by molar-refractivity contribution is 0.436. The zero-order valence-electron chi connectivity index (χ0n) is 40.7. The van der Waals surface area contributed by atoms with Crippen LogP contribution in [0.4, 0.5) is 17.1 Å². The molecule has 16 rings (SSSR count). The first-order chi connectivity index (χ1) is 37.2. The zero-order valence-corrected chi connectivity index (χ0v) is 41.6. The minimum atomic E-state index is -0.629. The minimum Gasteiger partial charge on any atom is -0.457 e. The highest BCUT2D eigenvalue weighted by Gasteiger charge is 2.53. The lowest BCUT2D eigenvalue weighted by Gasteiger charge is -2.40. The fourth-order valence-electron chi connectivity index (χ4n) is 13.5. The van der Waals surface area contributed by atoms with E-state index in [0.29, 0.717) is 0 Å². The summed E-state index contributed by atoms with van der Waals surface area (Å²) >= 11 is 1.89. The van der Waals surface area contributed by atoms with Crippen LogP contribution in [0.15, 0.2) is 283 Å². The molecule has 2 aliphatic heterocycles. The number of hydrogen-bond acceptors (Lipinski definition) is 3. The Kier molecular flexibility index (Phi) is 9.14. The number of nitrogens with zero attached hydrogens (tertiary/aromatic N) is 1. The summed E-state index contributed by atoms with van der Waals surface area (Å²) in [6.07, 6.45) is 0. The van der Waals surface area contributed by atoms with Crippen molar-refractivity contribution in [1.82, 2.24) is 0 Å². The van der Waals surface area contributed by atoms with Crippen LogP contribution in [0, 0.1) is 0 Å². The van der Waals surface area contributed by atoms with Gasteiger partial charge in [-0.2, -0.15) is 0 Å². The second-order valence-corrected chi connectivity index (χ2v) is 21.3. The molecule has 0 saturated carbocycles. The Morgan fingerprint density at radius 2 is 0.747 bits per heavy atom. The molecule has 75 heavy (non-hydrogen) atoms. The van der Waals surface area contributed by atoms with E-state index >= 15 is 0 Å². The minimum absolute atomic E-state index is 0.523. The van der Waals surface area contributed by atoms with Crippen LogP contribution in [0.1, 0.15) is 44.5 Å². The second-order valence-electron chi connectivity index (χ2n) is 20.2. The van der Waals surface area contributed by atoms with Crippen molar-refractivity contribution >= 4 is 39.6 Å². The van der Waals surface area contributed by atoms with E-state index in [-0.39, 0.29) is 0 Å². The van der Waals surface area contributed by atoms with Crippen LogP contribution in [0.25, 0.3) is 55.3 Å². The van der Waals surface area contributed by atoms with Crippen molar-refractivity contribution in [2.45, 2.75) is 20.6 Å². The van der Waals surface area contributed by atoms with Crippen LogP contribution < -0.4 is 9.64 Å². The van der Waals surface area contributed by atoms with E-state index in [0.717, 1.165) is 50.8 Å². The summed E-state index contributed by atoms with van der Waals surface area (Å²) in [6.45, 7) is 0. The zero-order chi connectivity index (χ0) is 49.2. The van der Waals surface area contributed by atoms with Crippen LogP contribution in [0.2, 0.25) is 0 Å². The van der Waals surface area contributed by atoms with Gasteiger partial charge in [-0.1, -0.05) is 218 Å². The second kappa shape index (κ2) is 16.2. The Bertz CT molecular complexity index is 4230. The molecule has 0 N–H and O–H groups in total. The van der Waals surface area contributed by atoms with Crippen LogP contribution in [-0.4, -0.2) is 0 Å². The highest BCUT2D eigenvalue weighted by atomic mass is 32.2. The lowest BCUT2D eigenvalue weighted by Crippen LogP contribution is -2.32. The van der Waals surface area contributed by atoms with E-state index in [4.69, 9.17) is 4.74 Å². The van der Waals surface area contributed by atoms with Gasteiger partial charge in [0.15, 0.2) is 0 Å². The number of rotatable bonds is 5. The summed E-state index contributed by atoms with van der Waals surface area (Å²) in [4.78, 5) is 5.12. The largest absolute Gasteiger partial charge is 0.457 e. The van der Waals surface area contributed by atoms with E-state index in [1.54, 1.807) is 0 Å². The third-order valence-corrected chi connectivity index (χ3v) is 17.7. The van der Waals surface area contributed by atoms with Crippen molar-refractivity contribution < 1.29 is 4.74 Å². The normalized spacial score (nSPS) is 14.1. The quantitative estimate of drug-likeness (QED) is 0.171. The summed E-state index contributed by atoms with van der Waals surface area (Å²) in [6, 6.07) is 102. The van der Waals surface area contributed by atoms with Crippen molar-refractivity contribution in [3.8, 4) is 56.0 Å². The monoisotopic (exact) mass is 971 g/mol. The molecule has 0 amide bonds. The third kappa shape index (κ3) is 5.93. The summed E-state index contributed by atoms with van der Waals surface area (Å²) in [5.41, 5.74) is 21.9. The maximum atomic E-state index is 6.79. The van der Waals surface area contributed by atoms with Gasteiger partial charge < -0.3 is 9.64 Å². The van der Waals surface area contributed by atoms with Crippen LogP contribution in [-0.2, 0) is 10.8 Å². The standard InChI is InChI=1S/C72H45NOS/c1-2-18-46(19-3-1)47-34-36-48(37-35-47)53-22-7-13-29-66(53)73(52-38-40-55-54-23-6-8-24-58(54)71(65(55)45-52)60-25-9-14-30-67(60)74-68-31-15-10-26-61(68)71)51-39-41-59-57(44-51)56-42-49-20-4-5-21-50(49)43-64(56)72(59)62-27-11-16-32-69(62)75-70-33-17-12-28-63(70)72/h1-45H. The molecule has 12 aromatic carbocycles. The van der Waals surface area contributed by atoms with E-state index in [1.165, 1.54) is 87.3 Å². The molecule has 12 aromatic rings. The average molecular weight is 972 g/mol. The SMILES string of the molecule is c1ccc(-c2ccc(-c3ccccc3N(c3ccc4c(c3)-c3cc5ccccc5cc3C43c4ccccc4Sc4ccccc43)c3ccc4c(c3)C3(c5ccccc5Oc5ccccc53)c3ccccc3-4)cc2)cc1. The van der Waals surface area contributed by atoms with Gasteiger partial charge in [0.1, 0.15) is 11.5 Å². The van der Waals surface area contributed by atoms with Gasteiger partial charge in [0.2, 0.25) is 0 Å². The highest BCUT2D eigenvalue weighted by Crippen LogP contribution is 2.65. The fourth-order valence-corrected chi connectivity index (χ4v) is 14.7. The smallest absolute Gasteiger partial charge is 0.132 e. The predicted octanol–water partition coefficient (Wildman–Crippen LogP) is 18.9. The molecule has 2 nitrogen and oxygen atoms in total.